The zero-order valence-corrected chi connectivity index (χ0v) is 13.0. The molecular formula is C18H19NO4. The van der Waals surface area contributed by atoms with Gasteiger partial charge >= 0.3 is 0 Å². The number of benzene rings is 2. The molecule has 0 saturated carbocycles. The Kier molecular flexibility index (Phi) is 4.78. The van der Waals surface area contributed by atoms with Gasteiger partial charge in [-0.1, -0.05) is 18.2 Å². The van der Waals surface area contributed by atoms with Gasteiger partial charge in [0.2, 0.25) is 0 Å². The second kappa shape index (κ2) is 7.15. The van der Waals surface area contributed by atoms with Crippen molar-refractivity contribution in [2.45, 2.75) is 6.10 Å². The molecule has 1 heterocycles. The third-order valence-electron chi connectivity index (χ3n) is 3.69. The Morgan fingerprint density at radius 3 is 2.52 bits per heavy atom. The Balaban J connectivity index is 1.63. The number of hydrogen-bond acceptors (Lipinski definition) is 4. The molecule has 0 radical (unpaired) electrons. The number of para-hydroxylation sites is 1. The molecule has 1 unspecified atom stereocenters. The molecule has 0 spiro atoms. The van der Waals surface area contributed by atoms with Gasteiger partial charge in [-0.25, -0.2) is 0 Å². The fourth-order valence-electron chi connectivity index (χ4n) is 2.44. The fraction of sp³-hybridized carbons (Fsp3) is 0.278. The van der Waals surface area contributed by atoms with E-state index in [4.69, 9.17) is 14.2 Å². The summed E-state index contributed by atoms with van der Waals surface area (Å²) >= 11 is 0. The summed E-state index contributed by atoms with van der Waals surface area (Å²) in [5.74, 6) is 1.51. The minimum absolute atomic E-state index is 0.0499. The molecule has 1 amide bonds. The normalized spacial score (nSPS) is 17.9. The number of morpholine rings is 1. The third-order valence-corrected chi connectivity index (χ3v) is 3.69. The van der Waals surface area contributed by atoms with E-state index in [1.807, 2.05) is 54.6 Å². The summed E-state index contributed by atoms with van der Waals surface area (Å²) in [4.78, 5) is 13.8. The zero-order chi connectivity index (χ0) is 16.1. The number of carbonyl (C=O) groups excluding carboxylic acids is 1. The Morgan fingerprint density at radius 1 is 1.09 bits per heavy atom. The van der Waals surface area contributed by atoms with E-state index in [9.17, 15) is 4.79 Å². The second-order valence-electron chi connectivity index (χ2n) is 5.26. The molecule has 2 aromatic rings. The average Bonchev–Trinajstić information content (AvgIpc) is 2.62. The van der Waals surface area contributed by atoms with Crippen molar-refractivity contribution in [3.8, 4) is 11.5 Å². The lowest BCUT2D eigenvalue weighted by atomic mass is 10.2. The molecule has 0 bridgehead atoms. The number of methoxy groups -OCH3 is 1. The summed E-state index contributed by atoms with van der Waals surface area (Å²) < 4.78 is 16.4. The number of ether oxygens (including phenoxy) is 3. The van der Waals surface area contributed by atoms with Crippen LogP contribution in [0.25, 0.3) is 0 Å². The number of hydrogen-bond donors (Lipinski definition) is 0. The molecule has 23 heavy (non-hydrogen) atoms. The van der Waals surface area contributed by atoms with Crippen LogP contribution in [0.2, 0.25) is 0 Å². The number of rotatable bonds is 5. The molecule has 5 nitrogen and oxygen atoms in total. The number of carbonyl (C=O) groups is 1. The molecule has 2 aromatic carbocycles. The van der Waals surface area contributed by atoms with Crippen LogP contribution >= 0.6 is 0 Å². The van der Waals surface area contributed by atoms with Gasteiger partial charge in [0.1, 0.15) is 30.8 Å². The van der Waals surface area contributed by atoms with E-state index in [0.717, 1.165) is 17.2 Å². The molecule has 3 rings (SSSR count). The Labute approximate surface area is 135 Å². The largest absolute Gasteiger partial charge is 0.497 e. The Hall–Kier alpha value is -2.53. The van der Waals surface area contributed by atoms with Crippen molar-refractivity contribution >= 4 is 11.6 Å². The molecule has 0 aromatic heterocycles. The maximum Gasteiger partial charge on any atom is 0.253 e. The topological polar surface area (TPSA) is 48.0 Å². The maximum atomic E-state index is 12.1. The van der Waals surface area contributed by atoms with Crippen molar-refractivity contribution in [1.29, 1.82) is 0 Å². The van der Waals surface area contributed by atoms with Crippen LogP contribution in [-0.2, 0) is 9.53 Å². The lowest BCUT2D eigenvalue weighted by molar-refractivity contribution is -0.130. The molecule has 1 aliphatic rings. The van der Waals surface area contributed by atoms with Crippen LogP contribution in [0.3, 0.4) is 0 Å². The van der Waals surface area contributed by atoms with Gasteiger partial charge in [-0.15, -0.1) is 0 Å². The minimum Gasteiger partial charge on any atom is -0.497 e. The van der Waals surface area contributed by atoms with E-state index in [0.29, 0.717) is 13.2 Å². The van der Waals surface area contributed by atoms with E-state index in [1.165, 1.54) is 0 Å². The molecule has 1 atom stereocenters. The molecule has 0 N–H and O–H groups in total. The summed E-state index contributed by atoms with van der Waals surface area (Å²) in [6.07, 6.45) is -0.157. The van der Waals surface area contributed by atoms with Gasteiger partial charge in [0, 0.05) is 5.69 Å². The lowest BCUT2D eigenvalue weighted by Gasteiger charge is -2.32. The van der Waals surface area contributed by atoms with Crippen LogP contribution < -0.4 is 14.4 Å². The van der Waals surface area contributed by atoms with E-state index in [-0.39, 0.29) is 18.6 Å². The first kappa shape index (κ1) is 15.4. The highest BCUT2D eigenvalue weighted by Gasteiger charge is 2.27. The summed E-state index contributed by atoms with van der Waals surface area (Å²) in [7, 11) is 1.62. The second-order valence-corrected chi connectivity index (χ2v) is 5.26. The van der Waals surface area contributed by atoms with Crippen molar-refractivity contribution < 1.29 is 19.0 Å². The molecule has 120 valence electrons. The van der Waals surface area contributed by atoms with Crippen molar-refractivity contribution in [3.63, 3.8) is 0 Å². The van der Waals surface area contributed by atoms with Gasteiger partial charge in [-0.05, 0) is 36.4 Å². The third kappa shape index (κ3) is 3.81. The standard InChI is InChI=1S/C18H19NO4/c1-21-15-9-7-14(8-10-15)19-11-17(23-13-18(19)20)12-22-16-5-3-2-4-6-16/h2-10,17H,11-13H2,1H3. The SMILES string of the molecule is COc1ccc(N2CC(COc3ccccc3)OCC2=O)cc1. The molecule has 5 heteroatoms. The highest BCUT2D eigenvalue weighted by atomic mass is 16.5. The first-order chi connectivity index (χ1) is 11.3. The van der Waals surface area contributed by atoms with Gasteiger partial charge in [0.15, 0.2) is 0 Å². The summed E-state index contributed by atoms with van der Waals surface area (Å²) in [5.41, 5.74) is 0.837. The molecule has 1 aliphatic heterocycles. The number of nitrogens with zero attached hydrogens (tertiary/aromatic N) is 1. The van der Waals surface area contributed by atoms with Crippen LogP contribution in [-0.4, -0.2) is 38.9 Å². The van der Waals surface area contributed by atoms with Crippen LogP contribution in [0, 0.1) is 0 Å². The molecular weight excluding hydrogens is 294 g/mol. The smallest absolute Gasteiger partial charge is 0.253 e. The predicted octanol–water partition coefficient (Wildman–Crippen LogP) is 2.51. The van der Waals surface area contributed by atoms with Gasteiger partial charge in [-0.3, -0.25) is 4.79 Å². The van der Waals surface area contributed by atoms with E-state index in [2.05, 4.69) is 0 Å². The summed E-state index contributed by atoms with van der Waals surface area (Å²) in [6.45, 7) is 0.941. The van der Waals surface area contributed by atoms with E-state index >= 15 is 0 Å². The minimum atomic E-state index is -0.157. The number of amides is 1. The summed E-state index contributed by atoms with van der Waals surface area (Å²) in [6, 6.07) is 17.0. The Bertz CT molecular complexity index is 642. The fourth-order valence-corrected chi connectivity index (χ4v) is 2.44. The lowest BCUT2D eigenvalue weighted by Crippen LogP contribution is -2.48. The van der Waals surface area contributed by atoms with Crippen molar-refractivity contribution in [1.82, 2.24) is 0 Å². The Morgan fingerprint density at radius 2 is 1.83 bits per heavy atom. The molecule has 1 saturated heterocycles. The molecule has 0 aliphatic carbocycles. The van der Waals surface area contributed by atoms with Gasteiger partial charge in [0.25, 0.3) is 5.91 Å². The first-order valence-corrected chi connectivity index (χ1v) is 7.50. The first-order valence-electron chi connectivity index (χ1n) is 7.50. The van der Waals surface area contributed by atoms with Gasteiger partial charge < -0.3 is 19.1 Å². The monoisotopic (exact) mass is 313 g/mol. The average molecular weight is 313 g/mol. The van der Waals surface area contributed by atoms with Crippen molar-refractivity contribution in [2.24, 2.45) is 0 Å². The maximum absolute atomic E-state index is 12.1. The predicted molar refractivity (Wildman–Crippen MR) is 87.0 cm³/mol. The molecule has 1 fully saturated rings. The highest BCUT2D eigenvalue weighted by Crippen LogP contribution is 2.22. The van der Waals surface area contributed by atoms with Crippen molar-refractivity contribution in [3.05, 3.63) is 54.6 Å². The van der Waals surface area contributed by atoms with Gasteiger partial charge in [-0.2, -0.15) is 0 Å². The zero-order valence-electron chi connectivity index (χ0n) is 13.0. The van der Waals surface area contributed by atoms with Crippen molar-refractivity contribution in [2.75, 3.05) is 31.8 Å². The quantitative estimate of drug-likeness (QED) is 0.851. The van der Waals surface area contributed by atoms with Crippen LogP contribution in [0.4, 0.5) is 5.69 Å². The van der Waals surface area contributed by atoms with Gasteiger partial charge in [0.05, 0.1) is 13.7 Å². The van der Waals surface area contributed by atoms with E-state index < -0.39 is 0 Å². The number of anilines is 1. The van der Waals surface area contributed by atoms with Crippen LogP contribution in [0.15, 0.2) is 54.6 Å². The summed E-state index contributed by atoms with van der Waals surface area (Å²) in [5, 5.41) is 0. The van der Waals surface area contributed by atoms with E-state index in [1.54, 1.807) is 12.0 Å². The highest BCUT2D eigenvalue weighted by molar-refractivity contribution is 5.95. The van der Waals surface area contributed by atoms with Crippen LogP contribution in [0.1, 0.15) is 0 Å². The van der Waals surface area contributed by atoms with Crippen LogP contribution in [0.5, 0.6) is 11.5 Å².